The Morgan fingerprint density at radius 3 is 2.80 bits per heavy atom. The van der Waals surface area contributed by atoms with Crippen molar-refractivity contribution in [3.05, 3.63) is 35.9 Å². The molecule has 0 radical (unpaired) electrons. The van der Waals surface area contributed by atoms with Gasteiger partial charge in [0.05, 0.1) is 0 Å². The van der Waals surface area contributed by atoms with Crippen molar-refractivity contribution in [3.63, 3.8) is 0 Å². The second kappa shape index (κ2) is 10.0. The molecule has 0 aliphatic carbocycles. The number of carbonyl (C=O) groups excluding carboxylic acids is 1. The summed E-state index contributed by atoms with van der Waals surface area (Å²) in [6.07, 6.45) is 1.55. The zero-order valence-corrected chi connectivity index (χ0v) is 15.7. The van der Waals surface area contributed by atoms with Crippen LogP contribution in [0, 0.1) is 0 Å². The van der Waals surface area contributed by atoms with E-state index in [2.05, 4.69) is 51.8 Å². The average molecular weight is 345 g/mol. The summed E-state index contributed by atoms with van der Waals surface area (Å²) in [6, 6.07) is 10.8. The maximum atomic E-state index is 11.8. The Bertz CT molecular complexity index is 560. The second-order valence-corrected chi connectivity index (χ2v) is 6.55. The van der Waals surface area contributed by atoms with Crippen molar-refractivity contribution in [2.45, 2.75) is 32.4 Å². The Balaban J connectivity index is 1.68. The van der Waals surface area contributed by atoms with Gasteiger partial charge in [0.25, 0.3) is 0 Å². The minimum absolute atomic E-state index is 0.231. The number of nitrogens with one attached hydrogen (secondary N) is 2. The molecule has 0 saturated carbocycles. The molecule has 0 bridgehead atoms. The fourth-order valence-corrected chi connectivity index (χ4v) is 3.06. The third-order valence-electron chi connectivity index (χ3n) is 4.49. The summed E-state index contributed by atoms with van der Waals surface area (Å²) in [7, 11) is 3.91. The lowest BCUT2D eigenvalue weighted by molar-refractivity contribution is -0.129. The third-order valence-corrected chi connectivity index (χ3v) is 4.49. The summed E-state index contributed by atoms with van der Waals surface area (Å²) in [5, 5.41) is 6.79. The van der Waals surface area contributed by atoms with Crippen LogP contribution in [-0.4, -0.2) is 68.0 Å². The molecule has 25 heavy (non-hydrogen) atoms. The summed E-state index contributed by atoms with van der Waals surface area (Å²) in [6.45, 7) is 6.21. The molecule has 2 N–H and O–H groups in total. The lowest BCUT2D eigenvalue weighted by atomic mass is 10.2. The molecule has 2 rings (SSSR count). The first kappa shape index (κ1) is 19.2. The zero-order valence-electron chi connectivity index (χ0n) is 15.7. The van der Waals surface area contributed by atoms with Crippen LogP contribution in [0.1, 0.15) is 25.3 Å². The molecule has 1 aliphatic heterocycles. The highest BCUT2D eigenvalue weighted by Gasteiger charge is 2.25. The number of aliphatic imine (C=N–C) groups is 1. The van der Waals surface area contributed by atoms with Crippen molar-refractivity contribution in [1.82, 2.24) is 20.4 Å². The molecular formula is C19H31N5O. The molecule has 1 fully saturated rings. The lowest BCUT2D eigenvalue weighted by Gasteiger charge is -2.20. The maximum Gasteiger partial charge on any atom is 0.222 e. The predicted octanol–water partition coefficient (Wildman–Crippen LogP) is 1.29. The molecule has 6 heteroatoms. The molecule has 1 saturated heterocycles. The van der Waals surface area contributed by atoms with E-state index >= 15 is 0 Å². The van der Waals surface area contributed by atoms with Crippen molar-refractivity contribution < 1.29 is 4.79 Å². The van der Waals surface area contributed by atoms with Gasteiger partial charge in [0.15, 0.2) is 5.96 Å². The van der Waals surface area contributed by atoms with Crippen LogP contribution in [-0.2, 0) is 11.3 Å². The van der Waals surface area contributed by atoms with Gasteiger partial charge in [0.2, 0.25) is 5.91 Å². The van der Waals surface area contributed by atoms with Crippen molar-refractivity contribution in [2.24, 2.45) is 4.99 Å². The Morgan fingerprint density at radius 1 is 1.36 bits per heavy atom. The van der Waals surface area contributed by atoms with Gasteiger partial charge >= 0.3 is 0 Å². The molecule has 1 aliphatic rings. The van der Waals surface area contributed by atoms with E-state index in [4.69, 9.17) is 0 Å². The van der Waals surface area contributed by atoms with E-state index in [1.807, 2.05) is 17.9 Å². The topological polar surface area (TPSA) is 60.0 Å². The minimum atomic E-state index is 0.231. The van der Waals surface area contributed by atoms with Gasteiger partial charge in [-0.3, -0.25) is 9.79 Å². The van der Waals surface area contributed by atoms with E-state index in [9.17, 15) is 4.79 Å². The molecule has 0 spiro atoms. The standard InChI is InChI=1S/C19H31N5O/c1-4-18(25)24-12-10-17(15-24)22-19(20-2)21-11-13-23(3)14-16-8-6-5-7-9-16/h5-9,17H,4,10-15H2,1-3H3,(H2,20,21,22). The summed E-state index contributed by atoms with van der Waals surface area (Å²) in [4.78, 5) is 20.3. The smallest absolute Gasteiger partial charge is 0.222 e. The molecule has 1 heterocycles. The summed E-state index contributed by atoms with van der Waals surface area (Å²) < 4.78 is 0. The van der Waals surface area contributed by atoms with E-state index in [1.165, 1.54) is 5.56 Å². The van der Waals surface area contributed by atoms with E-state index in [0.29, 0.717) is 6.42 Å². The van der Waals surface area contributed by atoms with Crippen LogP contribution in [0.25, 0.3) is 0 Å². The SMILES string of the molecule is CCC(=O)N1CCC(NC(=NC)NCCN(C)Cc2ccccc2)C1. The van der Waals surface area contributed by atoms with Crippen LogP contribution in [0.5, 0.6) is 0 Å². The molecule has 1 aromatic rings. The molecule has 1 unspecified atom stereocenters. The van der Waals surface area contributed by atoms with Gasteiger partial charge in [0, 0.05) is 52.2 Å². The quantitative estimate of drug-likeness (QED) is 0.578. The number of hydrogen-bond donors (Lipinski definition) is 2. The van der Waals surface area contributed by atoms with Crippen LogP contribution >= 0.6 is 0 Å². The summed E-state index contributed by atoms with van der Waals surface area (Å²) >= 11 is 0. The van der Waals surface area contributed by atoms with Gasteiger partial charge in [-0.15, -0.1) is 0 Å². The minimum Gasteiger partial charge on any atom is -0.355 e. The van der Waals surface area contributed by atoms with Gasteiger partial charge < -0.3 is 20.4 Å². The number of likely N-dealkylation sites (tertiary alicyclic amines) is 1. The first-order valence-corrected chi connectivity index (χ1v) is 9.09. The normalized spacial score (nSPS) is 17.8. The van der Waals surface area contributed by atoms with E-state index in [0.717, 1.165) is 45.1 Å². The predicted molar refractivity (Wildman–Crippen MR) is 103 cm³/mol. The molecular weight excluding hydrogens is 314 g/mol. The van der Waals surface area contributed by atoms with Crippen LogP contribution in [0.4, 0.5) is 0 Å². The van der Waals surface area contributed by atoms with Gasteiger partial charge in [0.1, 0.15) is 0 Å². The highest BCUT2D eigenvalue weighted by molar-refractivity contribution is 5.80. The third kappa shape index (κ3) is 6.38. The summed E-state index contributed by atoms with van der Waals surface area (Å²) in [5.74, 6) is 1.04. The molecule has 0 aromatic heterocycles. The van der Waals surface area contributed by atoms with Crippen molar-refractivity contribution in [2.75, 3.05) is 40.3 Å². The monoisotopic (exact) mass is 345 g/mol. The number of carbonyl (C=O) groups is 1. The van der Waals surface area contributed by atoms with Gasteiger partial charge in [-0.05, 0) is 19.0 Å². The number of rotatable bonds is 7. The average Bonchev–Trinajstić information content (AvgIpc) is 3.09. The van der Waals surface area contributed by atoms with E-state index < -0.39 is 0 Å². The maximum absolute atomic E-state index is 11.8. The Hall–Kier alpha value is -2.08. The van der Waals surface area contributed by atoms with Crippen LogP contribution in [0.15, 0.2) is 35.3 Å². The first-order valence-electron chi connectivity index (χ1n) is 9.09. The van der Waals surface area contributed by atoms with Crippen LogP contribution < -0.4 is 10.6 Å². The number of hydrogen-bond acceptors (Lipinski definition) is 3. The lowest BCUT2D eigenvalue weighted by Crippen LogP contribution is -2.46. The molecule has 138 valence electrons. The number of nitrogens with zero attached hydrogens (tertiary/aromatic N) is 3. The number of amides is 1. The van der Waals surface area contributed by atoms with Crippen molar-refractivity contribution >= 4 is 11.9 Å². The Morgan fingerprint density at radius 2 is 2.12 bits per heavy atom. The van der Waals surface area contributed by atoms with Gasteiger partial charge in [-0.1, -0.05) is 37.3 Å². The molecule has 1 aromatic carbocycles. The molecule has 1 amide bonds. The Kier molecular flexibility index (Phi) is 7.73. The van der Waals surface area contributed by atoms with Crippen molar-refractivity contribution in [1.29, 1.82) is 0 Å². The molecule has 6 nitrogen and oxygen atoms in total. The zero-order chi connectivity index (χ0) is 18.1. The Labute approximate surface area is 151 Å². The highest BCUT2D eigenvalue weighted by atomic mass is 16.2. The summed E-state index contributed by atoms with van der Waals surface area (Å²) in [5.41, 5.74) is 1.32. The highest BCUT2D eigenvalue weighted by Crippen LogP contribution is 2.10. The fourth-order valence-electron chi connectivity index (χ4n) is 3.06. The van der Waals surface area contributed by atoms with Gasteiger partial charge in [-0.2, -0.15) is 0 Å². The number of benzene rings is 1. The van der Waals surface area contributed by atoms with Crippen molar-refractivity contribution in [3.8, 4) is 0 Å². The number of guanidine groups is 1. The number of likely N-dealkylation sites (N-methyl/N-ethyl adjacent to an activating group) is 1. The largest absolute Gasteiger partial charge is 0.355 e. The van der Waals surface area contributed by atoms with E-state index in [1.54, 1.807) is 7.05 Å². The van der Waals surface area contributed by atoms with Gasteiger partial charge in [-0.25, -0.2) is 0 Å². The molecule has 1 atom stereocenters. The fraction of sp³-hybridized carbons (Fsp3) is 0.579. The first-order chi connectivity index (χ1) is 12.1. The van der Waals surface area contributed by atoms with E-state index in [-0.39, 0.29) is 11.9 Å². The van der Waals surface area contributed by atoms with Crippen LogP contribution in [0.2, 0.25) is 0 Å². The van der Waals surface area contributed by atoms with Crippen LogP contribution in [0.3, 0.4) is 0 Å². The second-order valence-electron chi connectivity index (χ2n) is 6.55.